The maximum absolute atomic E-state index is 13.4. The van der Waals surface area contributed by atoms with Crippen LogP contribution in [-0.4, -0.2) is 47.4 Å². The highest BCUT2D eigenvalue weighted by atomic mass is 16.3. The predicted molar refractivity (Wildman–Crippen MR) is 150 cm³/mol. The maximum atomic E-state index is 13.4. The van der Waals surface area contributed by atoms with Gasteiger partial charge in [-0.3, -0.25) is 14.9 Å². The number of para-hydroxylation sites is 2. The molecule has 0 radical (unpaired) electrons. The van der Waals surface area contributed by atoms with Crippen LogP contribution in [0.25, 0.3) is 33.2 Å². The third-order valence-electron chi connectivity index (χ3n) is 8.33. The fraction of sp³-hybridized carbons (Fsp3) is 0.355. The van der Waals surface area contributed by atoms with E-state index in [0.29, 0.717) is 30.9 Å². The zero-order chi connectivity index (χ0) is 26.6. The van der Waals surface area contributed by atoms with E-state index < -0.39 is 5.60 Å². The Morgan fingerprint density at radius 3 is 2.90 bits per heavy atom. The molecular formula is C31H32N6O2. The van der Waals surface area contributed by atoms with E-state index in [1.165, 1.54) is 12.8 Å². The second kappa shape index (κ2) is 9.31. The minimum Gasteiger partial charge on any atom is -0.388 e. The molecule has 3 aromatic heterocycles. The number of aromatic amines is 1. The van der Waals surface area contributed by atoms with Crippen molar-refractivity contribution in [2.24, 2.45) is 0 Å². The van der Waals surface area contributed by atoms with E-state index in [-0.39, 0.29) is 11.9 Å². The Labute approximate surface area is 226 Å². The molecule has 7 rings (SSSR count). The van der Waals surface area contributed by atoms with Crippen molar-refractivity contribution in [1.29, 1.82) is 0 Å². The number of imidazole rings is 1. The lowest BCUT2D eigenvalue weighted by Gasteiger charge is -2.37. The van der Waals surface area contributed by atoms with Crippen LogP contribution in [0.3, 0.4) is 0 Å². The molecule has 8 nitrogen and oxygen atoms in total. The van der Waals surface area contributed by atoms with Gasteiger partial charge in [0.15, 0.2) is 0 Å². The Bertz CT molecular complexity index is 1700. The first-order valence-corrected chi connectivity index (χ1v) is 13.9. The number of amides is 1. The largest absolute Gasteiger partial charge is 0.388 e. The predicted octanol–water partition coefficient (Wildman–Crippen LogP) is 5.26. The molecule has 0 aliphatic heterocycles. The molecule has 39 heavy (non-hydrogen) atoms. The van der Waals surface area contributed by atoms with Gasteiger partial charge in [0.05, 0.1) is 28.7 Å². The van der Waals surface area contributed by atoms with Gasteiger partial charge in [0.25, 0.3) is 5.91 Å². The minimum atomic E-state index is -0.910. The number of nitrogens with one attached hydrogen (secondary N) is 2. The number of pyridine rings is 1. The zero-order valence-corrected chi connectivity index (χ0v) is 22.0. The van der Waals surface area contributed by atoms with Crippen molar-refractivity contribution < 1.29 is 9.90 Å². The second-order valence-corrected chi connectivity index (χ2v) is 11.3. The van der Waals surface area contributed by atoms with E-state index in [1.807, 2.05) is 61.7 Å². The summed E-state index contributed by atoms with van der Waals surface area (Å²) in [5, 5.41) is 23.4. The number of carbonyl (C=O) groups is 1. The summed E-state index contributed by atoms with van der Waals surface area (Å²) in [5.74, 6) is 1.32. The molecular weight excluding hydrogens is 488 g/mol. The Kier molecular flexibility index (Phi) is 5.74. The molecule has 1 amide bonds. The molecule has 0 bridgehead atoms. The molecule has 2 aliphatic rings. The number of hydrogen-bond donors (Lipinski definition) is 3. The lowest BCUT2D eigenvalue weighted by molar-refractivity contribution is -0.0207. The molecule has 8 heteroatoms. The number of aliphatic hydroxyl groups is 1. The van der Waals surface area contributed by atoms with Crippen molar-refractivity contribution in [3.8, 4) is 11.3 Å². The van der Waals surface area contributed by atoms with Gasteiger partial charge >= 0.3 is 0 Å². The first-order valence-electron chi connectivity index (χ1n) is 13.9. The lowest BCUT2D eigenvalue weighted by atomic mass is 9.81. The zero-order valence-electron chi connectivity index (χ0n) is 22.0. The summed E-state index contributed by atoms with van der Waals surface area (Å²) in [5.41, 5.74) is 5.48. The standard InChI is InChI=1S/C31H32N6O2/c1-19-33-26-6-2-3-7-28(26)37(19)18-31(39)13-4-5-23(17-31)34-30(38)22-10-11-25-24(15-22)29(36-35-25)21-12-14-32-27(16-21)20-8-9-20/h2-3,6-7,10-12,14-16,20,23,39H,4-5,8-9,13,17-18H2,1H3,(H,34,38)(H,35,36). The summed E-state index contributed by atoms with van der Waals surface area (Å²) in [6, 6.07) is 17.7. The molecule has 3 heterocycles. The van der Waals surface area contributed by atoms with Crippen molar-refractivity contribution in [3.63, 3.8) is 0 Å². The molecule has 198 valence electrons. The Morgan fingerprint density at radius 2 is 2.03 bits per heavy atom. The number of fused-ring (bicyclic) bond motifs is 2. The van der Waals surface area contributed by atoms with Gasteiger partial charge < -0.3 is 15.0 Å². The molecule has 2 aromatic carbocycles. The van der Waals surface area contributed by atoms with Gasteiger partial charge in [-0.25, -0.2) is 4.98 Å². The summed E-state index contributed by atoms with van der Waals surface area (Å²) in [7, 11) is 0. The maximum Gasteiger partial charge on any atom is 0.251 e. The molecule has 0 spiro atoms. The van der Waals surface area contributed by atoms with Gasteiger partial charge in [-0.1, -0.05) is 12.1 Å². The van der Waals surface area contributed by atoms with Gasteiger partial charge in [-0.15, -0.1) is 0 Å². The number of aryl methyl sites for hydroxylation is 1. The Hall–Kier alpha value is -4.04. The highest BCUT2D eigenvalue weighted by Gasteiger charge is 2.36. The SMILES string of the molecule is Cc1nc2ccccc2n1CC1(O)CCCC(NC(=O)c2ccc3[nH]nc(-c4ccnc(C5CC5)c4)c3c2)C1. The van der Waals surface area contributed by atoms with Crippen LogP contribution >= 0.6 is 0 Å². The Morgan fingerprint density at radius 1 is 1.15 bits per heavy atom. The Balaban J connectivity index is 1.10. The smallest absolute Gasteiger partial charge is 0.251 e. The van der Waals surface area contributed by atoms with Crippen LogP contribution < -0.4 is 5.32 Å². The van der Waals surface area contributed by atoms with Crippen molar-refractivity contribution in [3.05, 3.63) is 77.9 Å². The quantitative estimate of drug-likeness (QED) is 0.283. The van der Waals surface area contributed by atoms with E-state index >= 15 is 0 Å². The van der Waals surface area contributed by atoms with Crippen LogP contribution in [0.2, 0.25) is 0 Å². The number of aromatic nitrogens is 5. The summed E-state index contributed by atoms with van der Waals surface area (Å²) >= 11 is 0. The molecule has 0 saturated heterocycles. The van der Waals surface area contributed by atoms with Crippen LogP contribution in [0.5, 0.6) is 0 Å². The molecule has 2 atom stereocenters. The minimum absolute atomic E-state index is 0.104. The topological polar surface area (TPSA) is 109 Å². The number of benzene rings is 2. The molecule has 3 N–H and O–H groups in total. The van der Waals surface area contributed by atoms with Gasteiger partial charge in [0, 0.05) is 40.4 Å². The summed E-state index contributed by atoms with van der Waals surface area (Å²) in [6.07, 6.45) is 7.13. The van der Waals surface area contributed by atoms with Crippen molar-refractivity contribution in [1.82, 2.24) is 30.0 Å². The van der Waals surface area contributed by atoms with Gasteiger partial charge in [-0.2, -0.15) is 5.10 Å². The van der Waals surface area contributed by atoms with Crippen LogP contribution in [0.1, 0.15) is 66.3 Å². The number of nitrogens with zero attached hydrogens (tertiary/aromatic N) is 4. The first kappa shape index (κ1) is 24.0. The van der Waals surface area contributed by atoms with Crippen LogP contribution in [0.4, 0.5) is 0 Å². The van der Waals surface area contributed by atoms with Gasteiger partial charge in [-0.05, 0) is 87.9 Å². The normalized spacial score (nSPS) is 21.4. The van der Waals surface area contributed by atoms with Crippen LogP contribution in [0, 0.1) is 6.92 Å². The average molecular weight is 521 g/mol. The number of carbonyl (C=O) groups excluding carboxylic acids is 1. The van der Waals surface area contributed by atoms with E-state index in [2.05, 4.69) is 36.1 Å². The van der Waals surface area contributed by atoms with E-state index in [1.54, 1.807) is 0 Å². The van der Waals surface area contributed by atoms with Crippen molar-refractivity contribution in [2.45, 2.75) is 69.6 Å². The van der Waals surface area contributed by atoms with E-state index in [0.717, 1.165) is 57.6 Å². The second-order valence-electron chi connectivity index (χ2n) is 11.3. The van der Waals surface area contributed by atoms with E-state index in [4.69, 9.17) is 0 Å². The van der Waals surface area contributed by atoms with Crippen LogP contribution in [-0.2, 0) is 6.54 Å². The highest BCUT2D eigenvalue weighted by Crippen LogP contribution is 2.40. The lowest BCUT2D eigenvalue weighted by Crippen LogP contribution is -2.47. The van der Waals surface area contributed by atoms with E-state index in [9.17, 15) is 9.90 Å². The summed E-state index contributed by atoms with van der Waals surface area (Å²) in [4.78, 5) is 22.6. The third kappa shape index (κ3) is 4.59. The average Bonchev–Trinajstić information content (AvgIpc) is 3.64. The highest BCUT2D eigenvalue weighted by molar-refractivity contribution is 6.01. The number of H-pyrrole nitrogens is 1. The third-order valence-corrected chi connectivity index (χ3v) is 8.33. The molecule has 2 unspecified atom stereocenters. The monoisotopic (exact) mass is 520 g/mol. The number of hydrogen-bond acceptors (Lipinski definition) is 5. The summed E-state index contributed by atoms with van der Waals surface area (Å²) in [6.45, 7) is 2.44. The van der Waals surface area contributed by atoms with Crippen molar-refractivity contribution >= 4 is 27.8 Å². The fourth-order valence-electron chi connectivity index (χ4n) is 6.14. The van der Waals surface area contributed by atoms with Gasteiger partial charge in [0.1, 0.15) is 11.5 Å². The van der Waals surface area contributed by atoms with Crippen molar-refractivity contribution in [2.75, 3.05) is 0 Å². The molecule has 2 aliphatic carbocycles. The van der Waals surface area contributed by atoms with Crippen LogP contribution in [0.15, 0.2) is 60.8 Å². The molecule has 2 fully saturated rings. The number of rotatable bonds is 6. The first-order chi connectivity index (χ1) is 19.0. The molecule has 2 saturated carbocycles. The van der Waals surface area contributed by atoms with Gasteiger partial charge in [0.2, 0.25) is 0 Å². The fourth-order valence-corrected chi connectivity index (χ4v) is 6.14. The summed E-state index contributed by atoms with van der Waals surface area (Å²) < 4.78 is 2.10. The molecule has 5 aromatic rings.